The highest BCUT2D eigenvalue weighted by molar-refractivity contribution is 7.89. The lowest BCUT2D eigenvalue weighted by atomic mass is 9.89. The van der Waals surface area contributed by atoms with E-state index in [1.54, 1.807) is 18.2 Å². The van der Waals surface area contributed by atoms with E-state index in [0.29, 0.717) is 5.56 Å². The molecule has 0 saturated heterocycles. The smallest absolute Gasteiger partial charge is 0.387 e. The third-order valence-electron chi connectivity index (χ3n) is 4.99. The number of para-hydroxylation sites is 1. The maximum absolute atomic E-state index is 13.4. The van der Waals surface area contributed by atoms with Crippen LogP contribution in [0.3, 0.4) is 0 Å². The topological polar surface area (TPSA) is 55.4 Å². The number of alkyl halides is 2. The molecule has 0 unspecified atom stereocenters. The van der Waals surface area contributed by atoms with Gasteiger partial charge < -0.3 is 4.74 Å². The van der Waals surface area contributed by atoms with Crippen molar-refractivity contribution in [3.63, 3.8) is 0 Å². The van der Waals surface area contributed by atoms with Crippen LogP contribution in [0, 0.1) is 0 Å². The van der Waals surface area contributed by atoms with E-state index in [2.05, 4.69) is 23.3 Å². The third-order valence-corrected chi connectivity index (χ3v) is 6.52. The molecule has 1 N–H and O–H groups in total. The lowest BCUT2D eigenvalue weighted by Crippen LogP contribution is -2.27. The lowest BCUT2D eigenvalue weighted by Gasteiger charge is -2.23. The molecule has 30 heavy (non-hydrogen) atoms. The number of ether oxygens (including phenoxy) is 1. The van der Waals surface area contributed by atoms with Gasteiger partial charge in [-0.25, -0.2) is 13.1 Å². The van der Waals surface area contributed by atoms with Gasteiger partial charge in [0.15, 0.2) is 0 Å². The van der Waals surface area contributed by atoms with Crippen molar-refractivity contribution in [2.24, 2.45) is 0 Å². The fourth-order valence-corrected chi connectivity index (χ4v) is 5.01. The van der Waals surface area contributed by atoms with E-state index in [-0.39, 0.29) is 34.9 Å². The number of benzene rings is 2. The molecule has 0 fully saturated rings. The van der Waals surface area contributed by atoms with Crippen LogP contribution in [0.1, 0.15) is 81.5 Å². The molecule has 0 radical (unpaired) electrons. The number of nitrogens with one attached hydrogen (secondary N) is 1. The average Bonchev–Trinajstić information content (AvgIpc) is 2.65. The molecule has 0 atom stereocenters. The molecule has 166 valence electrons. The van der Waals surface area contributed by atoms with Gasteiger partial charge in [-0.15, -0.1) is 0 Å². The van der Waals surface area contributed by atoms with E-state index in [1.807, 2.05) is 39.8 Å². The Balaban J connectivity index is 2.50. The highest BCUT2D eigenvalue weighted by Gasteiger charge is 2.27. The van der Waals surface area contributed by atoms with E-state index in [9.17, 15) is 17.2 Å². The number of hydrogen-bond acceptors (Lipinski definition) is 3. The van der Waals surface area contributed by atoms with Crippen molar-refractivity contribution in [3.8, 4) is 5.75 Å². The average molecular weight is 440 g/mol. The van der Waals surface area contributed by atoms with Gasteiger partial charge in [-0.2, -0.15) is 8.78 Å². The molecule has 7 heteroatoms. The molecular weight excluding hydrogens is 408 g/mol. The molecule has 2 aromatic rings. The minimum Gasteiger partial charge on any atom is -0.434 e. The molecule has 0 bridgehead atoms. The zero-order chi connectivity index (χ0) is 22.6. The maximum Gasteiger partial charge on any atom is 0.387 e. The van der Waals surface area contributed by atoms with Crippen molar-refractivity contribution >= 4 is 10.0 Å². The summed E-state index contributed by atoms with van der Waals surface area (Å²) in [4.78, 5) is 0.282. The number of rotatable bonds is 9. The second kappa shape index (κ2) is 9.88. The van der Waals surface area contributed by atoms with E-state index >= 15 is 0 Å². The first-order valence-corrected chi connectivity index (χ1v) is 11.6. The Morgan fingerprint density at radius 2 is 1.43 bits per heavy atom. The first kappa shape index (κ1) is 24.3. The van der Waals surface area contributed by atoms with Gasteiger partial charge in [0.1, 0.15) is 5.75 Å². The van der Waals surface area contributed by atoms with Gasteiger partial charge in [-0.05, 0) is 40.5 Å². The zero-order valence-corrected chi connectivity index (χ0v) is 19.2. The molecule has 0 aliphatic rings. The van der Waals surface area contributed by atoms with Crippen LogP contribution in [0.5, 0.6) is 5.75 Å². The quantitative estimate of drug-likeness (QED) is 0.511. The van der Waals surface area contributed by atoms with Crippen molar-refractivity contribution in [1.29, 1.82) is 0 Å². The second-order valence-corrected chi connectivity index (χ2v) is 10.0. The summed E-state index contributed by atoms with van der Waals surface area (Å²) in [7, 11) is -3.89. The van der Waals surface area contributed by atoms with Crippen LogP contribution in [0.4, 0.5) is 8.78 Å². The molecule has 0 aromatic heterocycles. The highest BCUT2D eigenvalue weighted by Crippen LogP contribution is 2.35. The summed E-state index contributed by atoms with van der Waals surface area (Å²) in [5.41, 5.74) is 2.96. The van der Waals surface area contributed by atoms with E-state index < -0.39 is 16.6 Å². The van der Waals surface area contributed by atoms with E-state index in [4.69, 9.17) is 0 Å². The monoisotopic (exact) mass is 439 g/mol. The van der Waals surface area contributed by atoms with Crippen molar-refractivity contribution in [1.82, 2.24) is 4.72 Å². The summed E-state index contributed by atoms with van der Waals surface area (Å²) in [5.74, 6) is 0.228. The first-order chi connectivity index (χ1) is 13.9. The number of sulfonamides is 1. The summed E-state index contributed by atoms with van der Waals surface area (Å²) in [5, 5.41) is 0. The summed E-state index contributed by atoms with van der Waals surface area (Å²) >= 11 is 0. The van der Waals surface area contributed by atoms with Gasteiger partial charge in [0, 0.05) is 12.1 Å². The molecule has 0 aliphatic carbocycles. The standard InChI is InChI=1S/C23H31F2NO3S/c1-14(2)18-11-19(15(3)4)22(20(12-18)16(5)6)30(27,28)26-13-17-9-7-8-10-21(17)29-23(24)25/h7-12,14-16,23,26H,13H2,1-6H3. The Labute approximate surface area is 178 Å². The highest BCUT2D eigenvalue weighted by atomic mass is 32.2. The third kappa shape index (κ3) is 5.79. The van der Waals surface area contributed by atoms with Crippen LogP contribution < -0.4 is 9.46 Å². The van der Waals surface area contributed by atoms with Crippen LogP contribution in [-0.4, -0.2) is 15.0 Å². The molecule has 0 amide bonds. The van der Waals surface area contributed by atoms with Gasteiger partial charge in [0.2, 0.25) is 10.0 Å². The molecule has 0 heterocycles. The minimum atomic E-state index is -3.89. The van der Waals surface area contributed by atoms with E-state index in [1.165, 1.54) is 6.07 Å². The molecule has 4 nitrogen and oxygen atoms in total. The summed E-state index contributed by atoms with van der Waals surface area (Å²) in [6.45, 7) is 8.90. The SMILES string of the molecule is CC(C)c1cc(C(C)C)c(S(=O)(=O)NCc2ccccc2OC(F)F)c(C(C)C)c1. The van der Waals surface area contributed by atoms with Crippen molar-refractivity contribution in [3.05, 3.63) is 58.7 Å². The Kier molecular flexibility index (Phi) is 7.99. The van der Waals surface area contributed by atoms with Crippen molar-refractivity contribution in [2.75, 3.05) is 0 Å². The van der Waals surface area contributed by atoms with Crippen LogP contribution in [0.15, 0.2) is 41.3 Å². The Hall–Kier alpha value is -1.99. The fraction of sp³-hybridized carbons (Fsp3) is 0.478. The van der Waals surface area contributed by atoms with Crippen molar-refractivity contribution < 1.29 is 21.9 Å². The number of hydrogen-bond donors (Lipinski definition) is 1. The summed E-state index contributed by atoms with van der Waals surface area (Å²) < 4.78 is 59.2. The van der Waals surface area contributed by atoms with E-state index in [0.717, 1.165) is 16.7 Å². The predicted octanol–water partition coefficient (Wildman–Crippen LogP) is 6.14. The van der Waals surface area contributed by atoms with Gasteiger partial charge in [-0.1, -0.05) is 71.9 Å². The summed E-state index contributed by atoms with van der Waals surface area (Å²) in [6, 6.07) is 10.1. The van der Waals surface area contributed by atoms with Gasteiger partial charge >= 0.3 is 6.61 Å². The largest absolute Gasteiger partial charge is 0.434 e. The normalized spacial score (nSPS) is 12.4. The second-order valence-electron chi connectivity index (χ2n) is 8.30. The molecule has 0 aliphatic heterocycles. The Morgan fingerprint density at radius 1 is 0.900 bits per heavy atom. The van der Waals surface area contributed by atoms with Gasteiger partial charge in [-0.3, -0.25) is 0 Å². The maximum atomic E-state index is 13.4. The van der Waals surface area contributed by atoms with Gasteiger partial charge in [0.05, 0.1) is 4.90 Å². The summed E-state index contributed by atoms with van der Waals surface area (Å²) in [6.07, 6.45) is 0. The van der Waals surface area contributed by atoms with Crippen LogP contribution >= 0.6 is 0 Å². The zero-order valence-electron chi connectivity index (χ0n) is 18.4. The molecule has 0 saturated carbocycles. The number of halogens is 2. The lowest BCUT2D eigenvalue weighted by molar-refractivity contribution is -0.0504. The van der Waals surface area contributed by atoms with Crippen LogP contribution in [0.25, 0.3) is 0 Å². The van der Waals surface area contributed by atoms with Gasteiger partial charge in [0.25, 0.3) is 0 Å². The van der Waals surface area contributed by atoms with Crippen molar-refractivity contribution in [2.45, 2.75) is 77.3 Å². The minimum absolute atomic E-state index is 0.00206. The fourth-order valence-electron chi connectivity index (χ4n) is 3.31. The van der Waals surface area contributed by atoms with Crippen LogP contribution in [0.2, 0.25) is 0 Å². The Bertz CT molecular complexity index is 941. The predicted molar refractivity (Wildman–Crippen MR) is 116 cm³/mol. The molecule has 0 spiro atoms. The molecule has 2 rings (SSSR count). The molecule has 2 aromatic carbocycles. The Morgan fingerprint density at radius 3 is 1.90 bits per heavy atom. The molecular formula is C23H31F2NO3S. The first-order valence-electron chi connectivity index (χ1n) is 10.1. The van der Waals surface area contributed by atoms with Crippen LogP contribution in [-0.2, 0) is 16.6 Å².